The molecule has 0 aromatic carbocycles. The van der Waals surface area contributed by atoms with Crippen LogP contribution in [0.1, 0.15) is 70.2 Å². The number of halogens is 1. The van der Waals surface area contributed by atoms with Crippen LogP contribution in [-0.4, -0.2) is 9.78 Å². The van der Waals surface area contributed by atoms with Gasteiger partial charge in [0.05, 0.1) is 16.9 Å². The molecule has 2 N–H and O–H groups in total. The lowest BCUT2D eigenvalue weighted by molar-refractivity contribution is 0.426. The molecule has 18 heavy (non-hydrogen) atoms. The molecule has 1 heterocycles. The Labute approximate surface area is 115 Å². The van der Waals surface area contributed by atoms with Gasteiger partial charge in [-0.3, -0.25) is 4.68 Å². The summed E-state index contributed by atoms with van der Waals surface area (Å²) in [6, 6.07) is 0.327. The van der Waals surface area contributed by atoms with Crippen molar-refractivity contribution in [3.8, 4) is 0 Å². The van der Waals surface area contributed by atoms with Crippen molar-refractivity contribution in [2.75, 3.05) is 0 Å². The van der Waals surface area contributed by atoms with Crippen molar-refractivity contribution in [2.24, 2.45) is 11.7 Å². The van der Waals surface area contributed by atoms with Crippen LogP contribution < -0.4 is 5.73 Å². The Hall–Kier alpha value is -0.540. The summed E-state index contributed by atoms with van der Waals surface area (Å²) in [4.78, 5) is 0. The van der Waals surface area contributed by atoms with Gasteiger partial charge in [0, 0.05) is 12.1 Å². The van der Waals surface area contributed by atoms with Gasteiger partial charge in [-0.1, -0.05) is 37.3 Å². The van der Waals surface area contributed by atoms with E-state index in [2.05, 4.69) is 18.9 Å². The Balaban J connectivity index is 1.98. The van der Waals surface area contributed by atoms with Gasteiger partial charge < -0.3 is 5.73 Å². The van der Waals surface area contributed by atoms with Crippen LogP contribution in [0.5, 0.6) is 0 Å². The van der Waals surface area contributed by atoms with Crippen molar-refractivity contribution in [1.82, 2.24) is 9.78 Å². The molecular formula is C14H24ClN3. The molecule has 1 aliphatic rings. The predicted molar refractivity (Wildman–Crippen MR) is 75.7 cm³/mol. The van der Waals surface area contributed by atoms with Gasteiger partial charge in [0.15, 0.2) is 0 Å². The number of hydrogen-bond acceptors (Lipinski definition) is 2. The molecule has 0 spiro atoms. The summed E-state index contributed by atoms with van der Waals surface area (Å²) in [6.07, 6.45) is 9.50. The van der Waals surface area contributed by atoms with E-state index in [1.54, 1.807) is 6.20 Å². The van der Waals surface area contributed by atoms with Crippen LogP contribution in [0.3, 0.4) is 0 Å². The fourth-order valence-corrected chi connectivity index (χ4v) is 3.23. The van der Waals surface area contributed by atoms with E-state index in [4.69, 9.17) is 17.3 Å². The molecular weight excluding hydrogens is 246 g/mol. The zero-order valence-corrected chi connectivity index (χ0v) is 12.2. The van der Waals surface area contributed by atoms with Crippen LogP contribution in [-0.2, 0) is 0 Å². The maximum absolute atomic E-state index is 6.31. The molecule has 1 unspecified atom stereocenters. The predicted octanol–water partition coefficient (Wildman–Crippen LogP) is 4.09. The van der Waals surface area contributed by atoms with E-state index in [1.165, 1.54) is 32.1 Å². The minimum absolute atomic E-state index is 0.0167. The first-order valence-corrected chi connectivity index (χ1v) is 7.46. The van der Waals surface area contributed by atoms with E-state index in [9.17, 15) is 0 Å². The molecule has 0 amide bonds. The maximum atomic E-state index is 6.31. The largest absolute Gasteiger partial charge is 0.323 e. The Morgan fingerprint density at radius 3 is 2.72 bits per heavy atom. The Morgan fingerprint density at radius 2 is 2.11 bits per heavy atom. The third-order valence-corrected chi connectivity index (χ3v) is 4.28. The van der Waals surface area contributed by atoms with Crippen LogP contribution in [0.15, 0.2) is 6.20 Å². The van der Waals surface area contributed by atoms with Gasteiger partial charge in [-0.05, 0) is 32.6 Å². The standard InChI is InChI=1S/C14H24ClN3/c1-10(2)18-14(12(15)9-17-18)13(16)8-7-11-5-3-4-6-11/h9-11,13H,3-8,16H2,1-2H3. The topological polar surface area (TPSA) is 43.8 Å². The summed E-state index contributed by atoms with van der Waals surface area (Å²) in [6.45, 7) is 4.22. The zero-order valence-electron chi connectivity index (χ0n) is 11.4. The number of hydrogen-bond donors (Lipinski definition) is 1. The Morgan fingerprint density at radius 1 is 1.44 bits per heavy atom. The third-order valence-electron chi connectivity index (χ3n) is 3.99. The highest BCUT2D eigenvalue weighted by molar-refractivity contribution is 6.31. The van der Waals surface area contributed by atoms with E-state index >= 15 is 0 Å². The lowest BCUT2D eigenvalue weighted by Crippen LogP contribution is -2.18. The number of aromatic nitrogens is 2. The van der Waals surface area contributed by atoms with Gasteiger partial charge >= 0.3 is 0 Å². The van der Waals surface area contributed by atoms with Crippen LogP contribution in [0, 0.1) is 5.92 Å². The van der Waals surface area contributed by atoms with Crippen molar-refractivity contribution in [3.05, 3.63) is 16.9 Å². The summed E-state index contributed by atoms with van der Waals surface area (Å²) < 4.78 is 1.96. The van der Waals surface area contributed by atoms with E-state index in [1.807, 2.05) is 4.68 Å². The second kappa shape index (κ2) is 6.07. The third kappa shape index (κ3) is 3.07. The summed E-state index contributed by atoms with van der Waals surface area (Å²) in [5.41, 5.74) is 7.32. The van der Waals surface area contributed by atoms with Crippen molar-refractivity contribution < 1.29 is 0 Å². The summed E-state index contributed by atoms with van der Waals surface area (Å²) in [5, 5.41) is 5.03. The zero-order chi connectivity index (χ0) is 13.1. The number of nitrogens with two attached hydrogens (primary N) is 1. The second-order valence-corrected chi connectivity index (χ2v) is 6.16. The maximum Gasteiger partial charge on any atom is 0.0834 e. The lowest BCUT2D eigenvalue weighted by Gasteiger charge is -2.18. The van der Waals surface area contributed by atoms with Crippen molar-refractivity contribution >= 4 is 11.6 Å². The average Bonchev–Trinajstić information content (AvgIpc) is 2.94. The first-order valence-electron chi connectivity index (χ1n) is 7.08. The number of nitrogens with zero attached hydrogens (tertiary/aromatic N) is 2. The van der Waals surface area contributed by atoms with Gasteiger partial charge in [0.2, 0.25) is 0 Å². The molecule has 1 atom stereocenters. The second-order valence-electron chi connectivity index (χ2n) is 5.75. The van der Waals surface area contributed by atoms with Gasteiger partial charge in [-0.25, -0.2) is 0 Å². The quantitative estimate of drug-likeness (QED) is 0.875. The molecule has 1 aliphatic carbocycles. The van der Waals surface area contributed by atoms with E-state index in [0.29, 0.717) is 11.1 Å². The van der Waals surface area contributed by atoms with Crippen LogP contribution in [0.2, 0.25) is 5.02 Å². The monoisotopic (exact) mass is 269 g/mol. The lowest BCUT2D eigenvalue weighted by atomic mass is 9.97. The highest BCUT2D eigenvalue weighted by Crippen LogP contribution is 2.32. The van der Waals surface area contributed by atoms with E-state index in [0.717, 1.165) is 18.0 Å². The van der Waals surface area contributed by atoms with Crippen LogP contribution in [0.4, 0.5) is 0 Å². The molecule has 1 aromatic rings. The number of rotatable bonds is 5. The first kappa shape index (κ1) is 13.9. The molecule has 0 bridgehead atoms. The highest BCUT2D eigenvalue weighted by Gasteiger charge is 2.21. The first-order chi connectivity index (χ1) is 8.59. The molecule has 0 saturated heterocycles. The normalized spacial score (nSPS) is 18.7. The SMILES string of the molecule is CC(C)n1ncc(Cl)c1C(N)CCC1CCCC1. The summed E-state index contributed by atoms with van der Waals surface area (Å²) >= 11 is 6.22. The summed E-state index contributed by atoms with van der Waals surface area (Å²) in [5.74, 6) is 0.880. The fraction of sp³-hybridized carbons (Fsp3) is 0.786. The van der Waals surface area contributed by atoms with Gasteiger partial charge in [-0.2, -0.15) is 5.10 Å². The Kier molecular flexibility index (Phi) is 4.68. The molecule has 1 saturated carbocycles. The molecule has 1 fully saturated rings. The highest BCUT2D eigenvalue weighted by atomic mass is 35.5. The van der Waals surface area contributed by atoms with Gasteiger partial charge in [0.1, 0.15) is 0 Å². The van der Waals surface area contributed by atoms with E-state index < -0.39 is 0 Å². The molecule has 0 aliphatic heterocycles. The molecule has 3 nitrogen and oxygen atoms in total. The van der Waals surface area contributed by atoms with E-state index in [-0.39, 0.29) is 6.04 Å². The molecule has 1 aromatic heterocycles. The molecule has 0 radical (unpaired) electrons. The van der Waals surface area contributed by atoms with Crippen LogP contribution in [0.25, 0.3) is 0 Å². The Bertz CT molecular complexity index is 380. The minimum atomic E-state index is 0.0167. The summed E-state index contributed by atoms with van der Waals surface area (Å²) in [7, 11) is 0. The van der Waals surface area contributed by atoms with Gasteiger partial charge in [0.25, 0.3) is 0 Å². The molecule has 2 rings (SSSR count). The van der Waals surface area contributed by atoms with Crippen LogP contribution >= 0.6 is 11.6 Å². The van der Waals surface area contributed by atoms with Crippen molar-refractivity contribution in [1.29, 1.82) is 0 Å². The minimum Gasteiger partial charge on any atom is -0.323 e. The average molecular weight is 270 g/mol. The smallest absolute Gasteiger partial charge is 0.0834 e. The fourth-order valence-electron chi connectivity index (χ4n) is 2.96. The molecule has 4 heteroatoms. The molecule has 102 valence electrons. The van der Waals surface area contributed by atoms with Gasteiger partial charge in [-0.15, -0.1) is 0 Å². The van der Waals surface area contributed by atoms with Crippen molar-refractivity contribution in [2.45, 2.75) is 64.5 Å². The van der Waals surface area contributed by atoms with Crippen molar-refractivity contribution in [3.63, 3.8) is 0 Å².